The molecule has 1 amide bonds. The summed E-state index contributed by atoms with van der Waals surface area (Å²) in [5.41, 5.74) is -0.241. The van der Waals surface area contributed by atoms with Gasteiger partial charge < -0.3 is 14.8 Å². The van der Waals surface area contributed by atoms with Gasteiger partial charge in [0.05, 0.1) is 7.11 Å². The summed E-state index contributed by atoms with van der Waals surface area (Å²) in [7, 11) is 1.32. The Labute approximate surface area is 115 Å². The Bertz CT molecular complexity index is 342. The largest absolute Gasteiger partial charge is 0.467 e. The van der Waals surface area contributed by atoms with Crippen molar-refractivity contribution >= 4 is 12.1 Å². The summed E-state index contributed by atoms with van der Waals surface area (Å²) in [5, 5.41) is 2.59. The molecular formula is C14H25NO4. The molecular weight excluding hydrogens is 246 g/mol. The lowest BCUT2D eigenvalue weighted by Gasteiger charge is -2.23. The quantitative estimate of drug-likeness (QED) is 0.781. The first-order valence-electron chi connectivity index (χ1n) is 6.73. The lowest BCUT2D eigenvalue weighted by molar-refractivity contribution is -0.143. The van der Waals surface area contributed by atoms with Gasteiger partial charge >= 0.3 is 12.1 Å². The van der Waals surface area contributed by atoms with Crippen LogP contribution in [0.15, 0.2) is 0 Å². The average molecular weight is 271 g/mol. The monoisotopic (exact) mass is 271 g/mol. The van der Waals surface area contributed by atoms with Crippen LogP contribution < -0.4 is 5.32 Å². The van der Waals surface area contributed by atoms with Gasteiger partial charge in [0, 0.05) is 0 Å². The number of alkyl carbamates (subject to hydrolysis) is 1. The number of rotatable bonds is 5. The number of amides is 1. The van der Waals surface area contributed by atoms with Gasteiger partial charge in [0.15, 0.2) is 0 Å². The fourth-order valence-electron chi connectivity index (χ4n) is 1.80. The van der Waals surface area contributed by atoms with Crippen molar-refractivity contribution in [3.63, 3.8) is 0 Å². The molecule has 19 heavy (non-hydrogen) atoms. The topological polar surface area (TPSA) is 64.6 Å². The van der Waals surface area contributed by atoms with Gasteiger partial charge in [0.1, 0.15) is 11.6 Å². The average Bonchev–Trinajstić information content (AvgIpc) is 2.99. The second-order valence-corrected chi connectivity index (χ2v) is 6.57. The fraction of sp³-hybridized carbons (Fsp3) is 0.857. The van der Waals surface area contributed by atoms with Crippen molar-refractivity contribution in [2.45, 2.75) is 65.0 Å². The van der Waals surface area contributed by atoms with E-state index >= 15 is 0 Å². The van der Waals surface area contributed by atoms with Crippen LogP contribution >= 0.6 is 0 Å². The van der Waals surface area contributed by atoms with Gasteiger partial charge in [-0.05, 0) is 51.9 Å². The standard InChI is InChI=1S/C14H25NO4/c1-13(2,3)19-12(17)15-10(11(16)18-5)6-7-14(4)8-9-14/h10H,6-9H2,1-5H3,(H,15,17). The van der Waals surface area contributed by atoms with E-state index < -0.39 is 23.7 Å². The number of carbonyl (C=O) groups excluding carboxylic acids is 2. The van der Waals surface area contributed by atoms with E-state index in [1.807, 2.05) is 0 Å². The number of esters is 1. The zero-order valence-electron chi connectivity index (χ0n) is 12.5. The lowest BCUT2D eigenvalue weighted by atomic mass is 9.99. The molecule has 0 aliphatic heterocycles. The van der Waals surface area contributed by atoms with E-state index in [2.05, 4.69) is 12.2 Å². The molecule has 5 heteroatoms. The molecule has 1 aliphatic rings. The zero-order chi connectivity index (χ0) is 14.7. The Morgan fingerprint density at radius 1 is 1.32 bits per heavy atom. The Morgan fingerprint density at radius 2 is 1.89 bits per heavy atom. The molecule has 1 rings (SSSR count). The van der Waals surface area contributed by atoms with Gasteiger partial charge in [-0.1, -0.05) is 6.92 Å². The van der Waals surface area contributed by atoms with E-state index in [9.17, 15) is 9.59 Å². The highest BCUT2D eigenvalue weighted by atomic mass is 16.6. The van der Waals surface area contributed by atoms with Gasteiger partial charge in [0.2, 0.25) is 0 Å². The minimum atomic E-state index is -0.628. The van der Waals surface area contributed by atoms with Crippen molar-refractivity contribution in [3.8, 4) is 0 Å². The Balaban J connectivity index is 2.49. The number of nitrogens with one attached hydrogen (secondary N) is 1. The van der Waals surface area contributed by atoms with Crippen LogP contribution in [0, 0.1) is 5.41 Å². The van der Waals surface area contributed by atoms with Crippen LogP contribution in [0.4, 0.5) is 4.79 Å². The molecule has 1 saturated carbocycles. The van der Waals surface area contributed by atoms with Crippen molar-refractivity contribution < 1.29 is 19.1 Å². The summed E-state index contributed by atoms with van der Waals surface area (Å²) in [5.74, 6) is -0.421. The minimum Gasteiger partial charge on any atom is -0.467 e. The van der Waals surface area contributed by atoms with Gasteiger partial charge in [-0.25, -0.2) is 9.59 Å². The first kappa shape index (κ1) is 15.8. The summed E-state index contributed by atoms with van der Waals surface area (Å²) in [6, 6.07) is -0.628. The highest BCUT2D eigenvalue weighted by Gasteiger charge is 2.38. The van der Waals surface area contributed by atoms with Crippen molar-refractivity contribution in [2.24, 2.45) is 5.41 Å². The first-order valence-corrected chi connectivity index (χ1v) is 6.73. The Hall–Kier alpha value is -1.26. The molecule has 1 atom stereocenters. The van der Waals surface area contributed by atoms with Crippen LogP contribution in [-0.4, -0.2) is 30.8 Å². The predicted molar refractivity (Wildman–Crippen MR) is 71.7 cm³/mol. The third kappa shape index (κ3) is 5.94. The summed E-state index contributed by atoms with van der Waals surface area (Å²) in [6.45, 7) is 7.54. The number of ether oxygens (including phenoxy) is 2. The molecule has 110 valence electrons. The molecule has 0 aromatic heterocycles. The molecule has 1 N–H and O–H groups in total. The van der Waals surface area contributed by atoms with Gasteiger partial charge in [-0.15, -0.1) is 0 Å². The molecule has 0 bridgehead atoms. The molecule has 0 saturated heterocycles. The SMILES string of the molecule is COC(=O)C(CCC1(C)CC1)NC(=O)OC(C)(C)C. The summed E-state index contributed by atoms with van der Waals surface area (Å²) in [4.78, 5) is 23.3. The third-order valence-electron chi connectivity index (χ3n) is 3.32. The third-order valence-corrected chi connectivity index (χ3v) is 3.32. The molecule has 0 spiro atoms. The smallest absolute Gasteiger partial charge is 0.408 e. The maximum atomic E-state index is 11.7. The second kappa shape index (κ2) is 5.80. The normalized spacial score (nSPS) is 18.4. The summed E-state index contributed by atoms with van der Waals surface area (Å²) in [6.07, 6.45) is 3.29. The molecule has 0 heterocycles. The van der Waals surface area contributed by atoms with Crippen LogP contribution in [0.2, 0.25) is 0 Å². The molecule has 0 aromatic carbocycles. The predicted octanol–water partition coefficient (Wildman–Crippen LogP) is 2.63. The van der Waals surface area contributed by atoms with E-state index in [4.69, 9.17) is 9.47 Å². The number of carbonyl (C=O) groups is 2. The van der Waals surface area contributed by atoms with Crippen LogP contribution in [0.5, 0.6) is 0 Å². The highest BCUT2D eigenvalue weighted by Crippen LogP contribution is 2.49. The molecule has 0 aromatic rings. The maximum Gasteiger partial charge on any atom is 0.408 e. The van der Waals surface area contributed by atoms with Crippen molar-refractivity contribution in [2.75, 3.05) is 7.11 Å². The molecule has 5 nitrogen and oxygen atoms in total. The second-order valence-electron chi connectivity index (χ2n) is 6.57. The molecule has 0 radical (unpaired) electrons. The van der Waals surface area contributed by atoms with Crippen LogP contribution in [0.25, 0.3) is 0 Å². The minimum absolute atomic E-state index is 0.335. The van der Waals surface area contributed by atoms with E-state index in [1.54, 1.807) is 20.8 Å². The lowest BCUT2D eigenvalue weighted by Crippen LogP contribution is -2.44. The van der Waals surface area contributed by atoms with Gasteiger partial charge in [0.25, 0.3) is 0 Å². The number of hydrogen-bond acceptors (Lipinski definition) is 4. The molecule has 1 aliphatic carbocycles. The highest BCUT2D eigenvalue weighted by molar-refractivity contribution is 5.81. The Morgan fingerprint density at radius 3 is 2.32 bits per heavy atom. The number of hydrogen-bond donors (Lipinski definition) is 1. The fourth-order valence-corrected chi connectivity index (χ4v) is 1.80. The van der Waals surface area contributed by atoms with E-state index in [0.29, 0.717) is 11.8 Å². The number of methoxy groups -OCH3 is 1. The summed E-state index contributed by atoms with van der Waals surface area (Å²) >= 11 is 0. The molecule has 1 fully saturated rings. The van der Waals surface area contributed by atoms with E-state index in [0.717, 1.165) is 6.42 Å². The zero-order valence-corrected chi connectivity index (χ0v) is 12.5. The van der Waals surface area contributed by atoms with E-state index in [1.165, 1.54) is 20.0 Å². The first-order chi connectivity index (χ1) is 8.65. The Kier molecular flexibility index (Phi) is 4.82. The van der Waals surface area contributed by atoms with Crippen molar-refractivity contribution in [1.29, 1.82) is 0 Å². The van der Waals surface area contributed by atoms with Crippen LogP contribution in [-0.2, 0) is 14.3 Å². The van der Waals surface area contributed by atoms with Crippen LogP contribution in [0.1, 0.15) is 53.4 Å². The van der Waals surface area contributed by atoms with E-state index in [-0.39, 0.29) is 0 Å². The summed E-state index contributed by atoms with van der Waals surface area (Å²) < 4.78 is 9.87. The van der Waals surface area contributed by atoms with Crippen molar-refractivity contribution in [3.05, 3.63) is 0 Å². The van der Waals surface area contributed by atoms with Crippen molar-refractivity contribution in [1.82, 2.24) is 5.32 Å². The van der Waals surface area contributed by atoms with Crippen LogP contribution in [0.3, 0.4) is 0 Å². The molecule has 1 unspecified atom stereocenters. The maximum absolute atomic E-state index is 11.7. The van der Waals surface area contributed by atoms with Gasteiger partial charge in [-0.2, -0.15) is 0 Å². The van der Waals surface area contributed by atoms with Gasteiger partial charge in [-0.3, -0.25) is 0 Å².